The smallest absolute Gasteiger partial charge is 0.487 e. The summed E-state index contributed by atoms with van der Waals surface area (Å²) in [4.78, 5) is 8.21. The molecule has 0 unspecified atom stereocenters. The molecule has 0 aliphatic heterocycles. The van der Waals surface area contributed by atoms with Gasteiger partial charge in [-0.2, -0.15) is 12.5 Å². The topological polar surface area (TPSA) is 35.0 Å². The Morgan fingerprint density at radius 2 is 1.75 bits per heavy atom. The minimum Gasteiger partial charge on any atom is -0.487 e. The van der Waals surface area contributed by atoms with E-state index in [1.165, 1.54) is 30.4 Å². The van der Waals surface area contributed by atoms with Crippen molar-refractivity contribution in [2.75, 3.05) is 0 Å². The maximum Gasteiger partial charge on any atom is 2.00 e. The van der Waals surface area contributed by atoms with Gasteiger partial charge in [-0.1, -0.05) is 42.8 Å². The van der Waals surface area contributed by atoms with E-state index in [0.717, 1.165) is 17.9 Å². The van der Waals surface area contributed by atoms with Gasteiger partial charge < -0.3 is 11.7 Å². The zero-order valence-electron chi connectivity index (χ0n) is 16.2. The predicted molar refractivity (Wildman–Crippen MR) is 109 cm³/mol. The molecule has 1 aliphatic rings. The Morgan fingerprint density at radius 3 is 2.29 bits per heavy atom. The second kappa shape index (κ2) is 11.3. The molecule has 1 saturated carbocycles. The molecular weight excluding hydrogens is 570 g/mol. The molecule has 3 aromatic rings. The monoisotopic (exact) mass is 596 g/mol. The molecule has 0 saturated heterocycles. The number of ether oxygens (including phenoxy) is 1. The first-order chi connectivity index (χ1) is 13.2. The van der Waals surface area contributed by atoms with Crippen molar-refractivity contribution in [3.8, 4) is 5.75 Å². The molecule has 28 heavy (non-hydrogen) atoms. The molecule has 0 radical (unpaired) electrons. The van der Waals surface area contributed by atoms with E-state index < -0.39 is 0 Å². The summed E-state index contributed by atoms with van der Waals surface area (Å²) >= 11 is 0. The van der Waals surface area contributed by atoms with Crippen LogP contribution in [0.15, 0.2) is 73.2 Å². The van der Waals surface area contributed by atoms with Crippen molar-refractivity contribution >= 4 is 0 Å². The summed E-state index contributed by atoms with van der Waals surface area (Å²) in [6, 6.07) is 18.0. The second-order valence-electron chi connectivity index (χ2n) is 6.89. The molecule has 1 aromatic carbocycles. The van der Waals surface area contributed by atoms with Crippen molar-refractivity contribution in [1.82, 2.24) is 9.97 Å². The number of hydrogen-bond donors (Lipinski definition) is 0. The Labute approximate surface area is 192 Å². The van der Waals surface area contributed by atoms with Crippen LogP contribution in [0, 0.1) is 45.0 Å². The molecule has 1 aliphatic carbocycles. The average molecular weight is 597 g/mol. The third-order valence-corrected chi connectivity index (χ3v) is 5.09. The molecule has 1 fully saturated rings. The van der Waals surface area contributed by atoms with E-state index in [-0.39, 0.29) is 36.5 Å². The van der Waals surface area contributed by atoms with Crippen LogP contribution in [0.2, 0.25) is 0 Å². The van der Waals surface area contributed by atoms with Gasteiger partial charge in [-0.05, 0) is 35.4 Å². The molecule has 0 atom stereocenters. The SMILES string of the molecule is [CH2-]CC1(c2cncc(OCc3ccccc3)c2)CCC1.[CH2-]c1ccccn1.[U+2]. The molecule has 142 valence electrons. The Kier molecular flexibility index (Phi) is 9.09. The minimum atomic E-state index is 0. The van der Waals surface area contributed by atoms with E-state index in [1.54, 1.807) is 12.4 Å². The first-order valence-corrected chi connectivity index (χ1v) is 9.36. The maximum atomic E-state index is 5.86. The van der Waals surface area contributed by atoms with Crippen LogP contribution in [-0.2, 0) is 12.0 Å². The third kappa shape index (κ3) is 6.12. The van der Waals surface area contributed by atoms with Crippen molar-refractivity contribution in [3.05, 3.63) is 104 Å². The average Bonchev–Trinajstić information content (AvgIpc) is 2.68. The number of pyridine rings is 2. The summed E-state index contributed by atoms with van der Waals surface area (Å²) in [5.41, 5.74) is 3.53. The summed E-state index contributed by atoms with van der Waals surface area (Å²) < 4.78 is 5.86. The molecule has 0 bridgehead atoms. The van der Waals surface area contributed by atoms with E-state index in [2.05, 4.69) is 42.0 Å². The van der Waals surface area contributed by atoms with Crippen molar-refractivity contribution in [1.29, 1.82) is 0 Å². The summed E-state index contributed by atoms with van der Waals surface area (Å²) in [6.45, 7) is 8.31. The molecule has 4 rings (SSSR count). The summed E-state index contributed by atoms with van der Waals surface area (Å²) in [7, 11) is 0. The van der Waals surface area contributed by atoms with Gasteiger partial charge in [0, 0.05) is 12.4 Å². The minimum absolute atomic E-state index is 0. The van der Waals surface area contributed by atoms with Gasteiger partial charge in [0.1, 0.15) is 12.4 Å². The third-order valence-electron chi connectivity index (χ3n) is 5.09. The molecule has 0 spiro atoms. The van der Waals surface area contributed by atoms with Crippen LogP contribution in [0.3, 0.4) is 0 Å². The van der Waals surface area contributed by atoms with Crippen molar-refractivity contribution < 1.29 is 35.9 Å². The number of hydrogen-bond acceptors (Lipinski definition) is 3. The van der Waals surface area contributed by atoms with E-state index in [0.29, 0.717) is 6.61 Å². The van der Waals surface area contributed by atoms with Crippen LogP contribution in [-0.4, -0.2) is 9.97 Å². The Hall–Kier alpha value is -1.76. The van der Waals surface area contributed by atoms with Gasteiger partial charge in [-0.3, -0.25) is 9.97 Å². The number of benzene rings is 1. The van der Waals surface area contributed by atoms with Gasteiger partial charge in [-0.15, -0.1) is 11.8 Å². The maximum absolute atomic E-state index is 5.86. The quantitative estimate of drug-likeness (QED) is 0.362. The fourth-order valence-corrected chi connectivity index (χ4v) is 3.21. The van der Waals surface area contributed by atoms with Crippen LogP contribution in [0.1, 0.15) is 42.5 Å². The van der Waals surface area contributed by atoms with Crippen molar-refractivity contribution in [2.24, 2.45) is 0 Å². The van der Waals surface area contributed by atoms with E-state index in [1.807, 2.05) is 42.6 Å². The Bertz CT molecular complexity index is 815. The molecule has 0 N–H and O–H groups in total. The molecule has 2 heterocycles. The van der Waals surface area contributed by atoms with Crippen LogP contribution in [0.4, 0.5) is 0 Å². The van der Waals surface area contributed by atoms with Crippen LogP contribution >= 0.6 is 0 Å². The molecule has 4 heteroatoms. The summed E-state index contributed by atoms with van der Waals surface area (Å²) in [5.74, 6) is 0.853. The normalized spacial score (nSPS) is 13.9. The van der Waals surface area contributed by atoms with E-state index in [4.69, 9.17) is 4.74 Å². The first kappa shape index (κ1) is 22.5. The van der Waals surface area contributed by atoms with Crippen molar-refractivity contribution in [3.63, 3.8) is 0 Å². The fraction of sp³-hybridized carbons (Fsp3) is 0.250. The zero-order valence-corrected chi connectivity index (χ0v) is 20.3. The van der Waals surface area contributed by atoms with Gasteiger partial charge in [0.05, 0.1) is 6.20 Å². The van der Waals surface area contributed by atoms with Gasteiger partial charge in [0.15, 0.2) is 0 Å². The summed E-state index contributed by atoms with van der Waals surface area (Å²) in [6.07, 6.45) is 10.2. The van der Waals surface area contributed by atoms with Gasteiger partial charge >= 0.3 is 31.1 Å². The first-order valence-electron chi connectivity index (χ1n) is 9.36. The molecule has 3 nitrogen and oxygen atoms in total. The predicted octanol–water partition coefficient (Wildman–Crippen LogP) is 5.57. The summed E-state index contributed by atoms with van der Waals surface area (Å²) in [5, 5.41) is 0. The molecule has 2 aromatic heterocycles. The van der Waals surface area contributed by atoms with Gasteiger partial charge in [-0.25, -0.2) is 6.92 Å². The zero-order chi connectivity index (χ0) is 19.0. The van der Waals surface area contributed by atoms with Crippen molar-refractivity contribution in [2.45, 2.75) is 37.7 Å². The standard InChI is InChI=1S/C18H20NO.C6H6N.U/c1-2-18(9-6-10-18)16-11-17(13-19-12-16)20-14-15-7-4-3-5-8-15;1-6-4-2-3-5-7-6;/h3-5,7-8,11-13H,1-2,6,9-10,14H2;2-5H,1H2;/q2*-1;+2. The largest absolute Gasteiger partial charge is 2.00 e. The van der Waals surface area contributed by atoms with E-state index >= 15 is 0 Å². The van der Waals surface area contributed by atoms with Crippen LogP contribution in [0.25, 0.3) is 0 Å². The van der Waals surface area contributed by atoms with Gasteiger partial charge in [0.25, 0.3) is 0 Å². The number of aromatic nitrogens is 2. The second-order valence-corrected chi connectivity index (χ2v) is 6.89. The Morgan fingerprint density at radius 1 is 1.00 bits per heavy atom. The number of nitrogens with zero attached hydrogens (tertiary/aromatic N) is 2. The Balaban J connectivity index is 0.000000298. The molecule has 0 amide bonds. The molecular formula is C24H26N2OU. The van der Waals surface area contributed by atoms with Crippen LogP contribution in [0.5, 0.6) is 5.75 Å². The van der Waals surface area contributed by atoms with E-state index in [9.17, 15) is 0 Å². The fourth-order valence-electron chi connectivity index (χ4n) is 3.21. The number of rotatable bonds is 5. The van der Waals surface area contributed by atoms with Crippen LogP contribution < -0.4 is 4.74 Å². The van der Waals surface area contributed by atoms with Gasteiger partial charge in [0.2, 0.25) is 0 Å².